The number of carbonyl (C=O) groups is 1. The van der Waals surface area contributed by atoms with Crippen LogP contribution < -0.4 is 0 Å². The Morgan fingerprint density at radius 3 is 2.83 bits per heavy atom. The normalized spacial score (nSPS) is 20.8. The van der Waals surface area contributed by atoms with Crippen molar-refractivity contribution in [2.24, 2.45) is 0 Å². The zero-order chi connectivity index (χ0) is 13.0. The van der Waals surface area contributed by atoms with Gasteiger partial charge in [0.15, 0.2) is 0 Å². The molecular weight excluding hydrogens is 270 g/mol. The summed E-state index contributed by atoms with van der Waals surface area (Å²) in [4.78, 5) is 12.9. The maximum Gasteiger partial charge on any atom is 0.304 e. The highest BCUT2D eigenvalue weighted by Crippen LogP contribution is 2.30. The number of carboxylic acids is 1. The number of benzene rings is 1. The third-order valence-electron chi connectivity index (χ3n) is 3.11. The lowest BCUT2D eigenvalue weighted by molar-refractivity contribution is -0.137. The molecule has 1 fully saturated rings. The van der Waals surface area contributed by atoms with E-state index in [9.17, 15) is 4.79 Å². The minimum absolute atomic E-state index is 0.203. The van der Waals surface area contributed by atoms with Crippen LogP contribution in [-0.2, 0) is 4.79 Å². The molecule has 1 atom stereocenters. The van der Waals surface area contributed by atoms with Crippen LogP contribution in [0.1, 0.15) is 18.0 Å². The van der Waals surface area contributed by atoms with Crippen molar-refractivity contribution in [3.63, 3.8) is 0 Å². The molecule has 1 aliphatic heterocycles. The molecule has 0 radical (unpaired) electrons. The van der Waals surface area contributed by atoms with E-state index in [2.05, 4.69) is 4.90 Å². The summed E-state index contributed by atoms with van der Waals surface area (Å²) in [7, 11) is 0. The molecule has 1 N–H and O–H groups in total. The lowest BCUT2D eigenvalue weighted by Crippen LogP contribution is -2.37. The van der Waals surface area contributed by atoms with Gasteiger partial charge in [0.05, 0.1) is 6.42 Å². The second kappa shape index (κ2) is 6.45. The SMILES string of the molecule is O=C(O)CCN1CCSCC1c1ccc(Cl)cc1. The largest absolute Gasteiger partial charge is 0.481 e. The van der Waals surface area contributed by atoms with Crippen LogP contribution in [0.4, 0.5) is 0 Å². The van der Waals surface area contributed by atoms with Crippen molar-refractivity contribution >= 4 is 29.3 Å². The number of rotatable bonds is 4. The fourth-order valence-electron chi connectivity index (χ4n) is 2.14. The molecule has 18 heavy (non-hydrogen) atoms. The minimum atomic E-state index is -0.733. The molecule has 1 aliphatic rings. The van der Waals surface area contributed by atoms with E-state index in [4.69, 9.17) is 16.7 Å². The Bertz CT molecular complexity index is 410. The fourth-order valence-corrected chi connectivity index (χ4v) is 3.42. The second-order valence-corrected chi connectivity index (χ2v) is 5.91. The van der Waals surface area contributed by atoms with Crippen molar-refractivity contribution in [2.45, 2.75) is 12.5 Å². The summed E-state index contributed by atoms with van der Waals surface area (Å²) in [5.74, 6) is 1.35. The van der Waals surface area contributed by atoms with Crippen LogP contribution in [0, 0.1) is 0 Å². The van der Waals surface area contributed by atoms with E-state index in [1.165, 1.54) is 5.56 Å². The van der Waals surface area contributed by atoms with E-state index >= 15 is 0 Å². The van der Waals surface area contributed by atoms with Crippen molar-refractivity contribution < 1.29 is 9.90 Å². The van der Waals surface area contributed by atoms with E-state index in [0.717, 1.165) is 23.1 Å². The fraction of sp³-hybridized carbons (Fsp3) is 0.462. The lowest BCUT2D eigenvalue weighted by atomic mass is 10.1. The second-order valence-electron chi connectivity index (χ2n) is 4.32. The summed E-state index contributed by atoms with van der Waals surface area (Å²) < 4.78 is 0. The Balaban J connectivity index is 2.07. The maximum absolute atomic E-state index is 10.7. The zero-order valence-corrected chi connectivity index (χ0v) is 11.6. The summed E-state index contributed by atoms with van der Waals surface area (Å²) in [6.07, 6.45) is 0.203. The smallest absolute Gasteiger partial charge is 0.304 e. The predicted molar refractivity (Wildman–Crippen MR) is 75.3 cm³/mol. The lowest BCUT2D eigenvalue weighted by Gasteiger charge is -2.35. The molecule has 98 valence electrons. The number of aliphatic carboxylic acids is 1. The van der Waals surface area contributed by atoms with Gasteiger partial charge in [-0.15, -0.1) is 0 Å². The summed E-state index contributed by atoms with van der Waals surface area (Å²) in [5.41, 5.74) is 1.22. The monoisotopic (exact) mass is 285 g/mol. The Kier molecular flexibility index (Phi) is 4.92. The Morgan fingerprint density at radius 2 is 2.17 bits per heavy atom. The van der Waals surface area contributed by atoms with E-state index in [-0.39, 0.29) is 6.42 Å². The van der Waals surface area contributed by atoms with Gasteiger partial charge in [0.25, 0.3) is 0 Å². The number of halogens is 1. The number of hydrogen-bond donors (Lipinski definition) is 1. The molecule has 1 heterocycles. The van der Waals surface area contributed by atoms with Crippen LogP contribution in [0.2, 0.25) is 5.02 Å². The Hall–Kier alpha value is -0.710. The molecule has 0 aliphatic carbocycles. The minimum Gasteiger partial charge on any atom is -0.481 e. The number of nitrogens with zero attached hydrogens (tertiary/aromatic N) is 1. The van der Waals surface area contributed by atoms with Gasteiger partial charge >= 0.3 is 5.97 Å². The predicted octanol–water partition coefficient (Wildman–Crippen LogP) is 2.90. The van der Waals surface area contributed by atoms with Gasteiger partial charge in [0.1, 0.15) is 0 Å². The van der Waals surface area contributed by atoms with Gasteiger partial charge in [-0.3, -0.25) is 9.69 Å². The van der Waals surface area contributed by atoms with Crippen molar-refractivity contribution in [2.75, 3.05) is 24.6 Å². The van der Waals surface area contributed by atoms with Gasteiger partial charge in [0, 0.05) is 35.7 Å². The topological polar surface area (TPSA) is 40.5 Å². The zero-order valence-electron chi connectivity index (χ0n) is 10.0. The van der Waals surface area contributed by atoms with Crippen LogP contribution in [0.3, 0.4) is 0 Å². The van der Waals surface area contributed by atoms with Gasteiger partial charge < -0.3 is 5.11 Å². The summed E-state index contributed by atoms with van der Waals surface area (Å²) in [6, 6.07) is 8.16. The molecule has 0 saturated carbocycles. The highest BCUT2D eigenvalue weighted by molar-refractivity contribution is 7.99. The molecule has 1 saturated heterocycles. The Labute approximate surface area is 116 Å². The molecule has 1 aromatic carbocycles. The van der Waals surface area contributed by atoms with Gasteiger partial charge in [-0.2, -0.15) is 11.8 Å². The van der Waals surface area contributed by atoms with Crippen molar-refractivity contribution in [1.82, 2.24) is 4.90 Å². The first-order valence-electron chi connectivity index (χ1n) is 5.96. The average Bonchev–Trinajstić information content (AvgIpc) is 2.38. The van der Waals surface area contributed by atoms with Gasteiger partial charge in [0.2, 0.25) is 0 Å². The number of hydrogen-bond acceptors (Lipinski definition) is 3. The first kappa shape index (κ1) is 13.7. The van der Waals surface area contributed by atoms with Crippen LogP contribution in [0.5, 0.6) is 0 Å². The molecule has 0 amide bonds. The van der Waals surface area contributed by atoms with Gasteiger partial charge in [-0.05, 0) is 17.7 Å². The van der Waals surface area contributed by atoms with Crippen molar-refractivity contribution in [3.8, 4) is 0 Å². The standard InChI is InChI=1S/C13H16ClNO2S/c14-11-3-1-10(2-4-11)12-9-18-8-7-15(12)6-5-13(16)17/h1-4,12H,5-9H2,(H,16,17). The van der Waals surface area contributed by atoms with Crippen LogP contribution in [0.25, 0.3) is 0 Å². The molecule has 1 aromatic rings. The third-order valence-corrected chi connectivity index (χ3v) is 4.38. The number of thioether (sulfide) groups is 1. The van der Waals surface area contributed by atoms with E-state index in [0.29, 0.717) is 12.6 Å². The highest BCUT2D eigenvalue weighted by atomic mass is 35.5. The van der Waals surface area contributed by atoms with Crippen molar-refractivity contribution in [1.29, 1.82) is 0 Å². The molecule has 1 unspecified atom stereocenters. The first-order valence-corrected chi connectivity index (χ1v) is 7.49. The van der Waals surface area contributed by atoms with Crippen LogP contribution in [0.15, 0.2) is 24.3 Å². The Morgan fingerprint density at radius 1 is 1.44 bits per heavy atom. The van der Waals surface area contributed by atoms with Gasteiger partial charge in [-0.25, -0.2) is 0 Å². The molecular formula is C13H16ClNO2S. The molecule has 5 heteroatoms. The van der Waals surface area contributed by atoms with Crippen LogP contribution in [-0.4, -0.2) is 40.6 Å². The first-order chi connectivity index (χ1) is 8.66. The van der Waals surface area contributed by atoms with Crippen molar-refractivity contribution in [3.05, 3.63) is 34.9 Å². The van der Waals surface area contributed by atoms with E-state index in [1.54, 1.807) is 0 Å². The van der Waals surface area contributed by atoms with Crippen LogP contribution >= 0.6 is 23.4 Å². The highest BCUT2D eigenvalue weighted by Gasteiger charge is 2.24. The van der Waals surface area contributed by atoms with Gasteiger partial charge in [-0.1, -0.05) is 23.7 Å². The third kappa shape index (κ3) is 3.64. The maximum atomic E-state index is 10.7. The summed E-state index contributed by atoms with van der Waals surface area (Å²) in [6.45, 7) is 1.56. The van der Waals surface area contributed by atoms with E-state index in [1.807, 2.05) is 36.0 Å². The molecule has 3 nitrogen and oxygen atoms in total. The summed E-state index contributed by atoms with van der Waals surface area (Å²) in [5, 5.41) is 9.52. The number of carboxylic acid groups (broad SMARTS) is 1. The molecule has 0 spiro atoms. The average molecular weight is 286 g/mol. The quantitative estimate of drug-likeness (QED) is 0.923. The summed E-state index contributed by atoms with van der Waals surface area (Å²) >= 11 is 7.81. The van der Waals surface area contributed by atoms with E-state index < -0.39 is 5.97 Å². The molecule has 2 rings (SSSR count). The molecule has 0 bridgehead atoms. The molecule has 0 aromatic heterocycles.